The van der Waals surface area contributed by atoms with Crippen molar-refractivity contribution in [2.24, 2.45) is 7.05 Å². The van der Waals surface area contributed by atoms with Crippen LogP contribution in [0.15, 0.2) is 12.4 Å². The predicted octanol–water partition coefficient (Wildman–Crippen LogP) is 2.41. The van der Waals surface area contributed by atoms with Gasteiger partial charge in [-0.1, -0.05) is 11.6 Å². The molecule has 2 unspecified atom stereocenters. The van der Waals surface area contributed by atoms with E-state index >= 15 is 0 Å². The second-order valence-electron chi connectivity index (χ2n) is 6.66. The van der Waals surface area contributed by atoms with E-state index in [0.717, 1.165) is 48.1 Å². The summed E-state index contributed by atoms with van der Waals surface area (Å²) in [6, 6.07) is 1.94. The number of hydrogen-bond acceptors (Lipinski definition) is 6. The molecule has 0 radical (unpaired) electrons. The molecule has 0 saturated heterocycles. The van der Waals surface area contributed by atoms with E-state index in [0.29, 0.717) is 16.2 Å². The number of carbonyl (C=O) groups is 1. The predicted molar refractivity (Wildman–Crippen MR) is 94.2 cm³/mol. The lowest BCUT2D eigenvalue weighted by Gasteiger charge is -2.12. The van der Waals surface area contributed by atoms with Crippen LogP contribution in [0.4, 0.5) is 0 Å². The monoisotopic (exact) mass is 370 g/mol. The average molecular weight is 371 g/mol. The number of pyridine rings is 1. The van der Waals surface area contributed by atoms with Crippen LogP contribution in [0.2, 0.25) is 5.15 Å². The summed E-state index contributed by atoms with van der Waals surface area (Å²) in [6.45, 7) is 0. The fourth-order valence-electron chi connectivity index (χ4n) is 3.86. The number of imidazole rings is 1. The molecule has 1 saturated carbocycles. The molecule has 5 rings (SSSR count). The van der Waals surface area contributed by atoms with Crippen molar-refractivity contribution in [1.82, 2.24) is 39.7 Å². The minimum atomic E-state index is 0.246. The van der Waals surface area contributed by atoms with Gasteiger partial charge in [-0.2, -0.15) is 4.80 Å². The van der Waals surface area contributed by atoms with Crippen molar-refractivity contribution in [2.75, 3.05) is 0 Å². The van der Waals surface area contributed by atoms with Crippen LogP contribution in [0.3, 0.4) is 0 Å². The molecule has 1 aliphatic carbocycles. The number of nitrogens with zero attached hydrogens (tertiary/aromatic N) is 7. The first kappa shape index (κ1) is 15.4. The smallest absolute Gasteiger partial charge is 0.177 e. The number of carbonyl (C=O) groups excluding carboxylic acids is 1. The number of aryl methyl sites for hydroxylation is 1. The molecule has 0 amide bonds. The third kappa shape index (κ3) is 2.23. The topological polar surface area (TPSA) is 107 Å². The lowest BCUT2D eigenvalue weighted by molar-refractivity contribution is 0.112. The molecule has 1 aliphatic rings. The fourth-order valence-corrected chi connectivity index (χ4v) is 4.09. The van der Waals surface area contributed by atoms with Gasteiger partial charge in [-0.3, -0.25) is 4.79 Å². The maximum Gasteiger partial charge on any atom is 0.177 e. The number of hydrogen-bond donors (Lipinski definition) is 1. The van der Waals surface area contributed by atoms with E-state index in [-0.39, 0.29) is 12.0 Å². The molecule has 4 heterocycles. The lowest BCUT2D eigenvalue weighted by atomic mass is 10.1. The van der Waals surface area contributed by atoms with Crippen LogP contribution in [-0.4, -0.2) is 46.0 Å². The molecule has 2 atom stereocenters. The summed E-state index contributed by atoms with van der Waals surface area (Å²) in [7, 11) is 1.77. The van der Waals surface area contributed by atoms with Gasteiger partial charge in [0.05, 0.1) is 24.6 Å². The number of fused-ring (bicyclic) bond motifs is 3. The van der Waals surface area contributed by atoms with Crippen molar-refractivity contribution in [2.45, 2.75) is 31.2 Å². The molecule has 10 heteroatoms. The number of aromatic nitrogens is 8. The van der Waals surface area contributed by atoms with E-state index < -0.39 is 0 Å². The van der Waals surface area contributed by atoms with Crippen molar-refractivity contribution in [3.05, 3.63) is 29.1 Å². The molecule has 26 heavy (non-hydrogen) atoms. The number of rotatable bonds is 3. The van der Waals surface area contributed by atoms with E-state index in [2.05, 4.69) is 34.9 Å². The zero-order valence-electron chi connectivity index (χ0n) is 13.9. The minimum absolute atomic E-state index is 0.246. The van der Waals surface area contributed by atoms with Crippen molar-refractivity contribution in [3.63, 3.8) is 0 Å². The highest BCUT2D eigenvalue weighted by Crippen LogP contribution is 2.41. The third-order valence-electron chi connectivity index (χ3n) is 5.08. The molecule has 0 aromatic carbocycles. The van der Waals surface area contributed by atoms with Gasteiger partial charge in [0.25, 0.3) is 0 Å². The van der Waals surface area contributed by atoms with Crippen molar-refractivity contribution in [1.29, 1.82) is 0 Å². The highest BCUT2D eigenvalue weighted by atomic mass is 35.5. The largest absolute Gasteiger partial charge is 0.350 e. The van der Waals surface area contributed by atoms with Gasteiger partial charge >= 0.3 is 0 Å². The Bertz CT molecular complexity index is 1140. The maximum atomic E-state index is 11.1. The summed E-state index contributed by atoms with van der Waals surface area (Å²) >= 11 is 6.35. The summed E-state index contributed by atoms with van der Waals surface area (Å²) in [5.74, 6) is 1.06. The molecule has 4 aromatic heterocycles. The molecule has 4 aromatic rings. The summed E-state index contributed by atoms with van der Waals surface area (Å²) in [5, 5.41) is 13.5. The standard InChI is InChI=1S/C16H15ClN8O/c1-24-22-15(21-23-24)8-2-3-10(4-8)25-7-18-13-12-11(5-9(6-26)19-12)14(17)20-16(13)25/h5-8,10,19H,2-4H2,1H3. The van der Waals surface area contributed by atoms with Crippen molar-refractivity contribution in [3.8, 4) is 0 Å². The van der Waals surface area contributed by atoms with Gasteiger partial charge in [-0.15, -0.1) is 10.2 Å². The summed E-state index contributed by atoms with van der Waals surface area (Å²) in [4.78, 5) is 24.7. The number of halogens is 1. The van der Waals surface area contributed by atoms with Crippen molar-refractivity contribution < 1.29 is 4.79 Å². The lowest BCUT2D eigenvalue weighted by Crippen LogP contribution is -2.06. The van der Waals surface area contributed by atoms with Crippen LogP contribution in [0.1, 0.15) is 47.5 Å². The van der Waals surface area contributed by atoms with Crippen LogP contribution in [0, 0.1) is 0 Å². The Morgan fingerprint density at radius 3 is 3.04 bits per heavy atom. The molecule has 1 N–H and O–H groups in total. The first-order chi connectivity index (χ1) is 12.6. The van der Waals surface area contributed by atoms with E-state index in [4.69, 9.17) is 11.6 Å². The van der Waals surface area contributed by atoms with Gasteiger partial charge in [0, 0.05) is 17.3 Å². The van der Waals surface area contributed by atoms with Crippen LogP contribution in [-0.2, 0) is 7.05 Å². The SMILES string of the molecule is Cn1nnc(C2CCC(n3cnc4c5[nH]c(C=O)cc5c(Cl)nc43)C2)n1. The molecule has 0 aliphatic heterocycles. The number of aldehydes is 1. The first-order valence-electron chi connectivity index (χ1n) is 8.38. The van der Waals surface area contributed by atoms with Crippen molar-refractivity contribution >= 4 is 40.0 Å². The van der Waals surface area contributed by atoms with Crippen LogP contribution < -0.4 is 0 Å². The summed E-state index contributed by atoms with van der Waals surface area (Å²) < 4.78 is 2.07. The van der Waals surface area contributed by atoms with E-state index in [9.17, 15) is 4.79 Å². The zero-order valence-corrected chi connectivity index (χ0v) is 14.7. The normalized spacial score (nSPS) is 20.4. The quantitative estimate of drug-likeness (QED) is 0.438. The Labute approximate surface area is 152 Å². The van der Waals surface area contributed by atoms with E-state index in [1.165, 1.54) is 4.80 Å². The van der Waals surface area contributed by atoms with Gasteiger partial charge in [0.1, 0.15) is 10.7 Å². The molecule has 132 valence electrons. The van der Waals surface area contributed by atoms with Gasteiger partial charge in [-0.25, -0.2) is 9.97 Å². The minimum Gasteiger partial charge on any atom is -0.350 e. The maximum absolute atomic E-state index is 11.1. The third-order valence-corrected chi connectivity index (χ3v) is 5.37. The molecule has 9 nitrogen and oxygen atoms in total. The van der Waals surface area contributed by atoms with Gasteiger partial charge < -0.3 is 9.55 Å². The Kier molecular flexibility index (Phi) is 3.33. The molecular weight excluding hydrogens is 356 g/mol. The highest BCUT2D eigenvalue weighted by Gasteiger charge is 2.31. The molecule has 0 spiro atoms. The Balaban J connectivity index is 1.55. The summed E-state index contributed by atoms with van der Waals surface area (Å²) in [6.07, 6.45) is 5.43. The first-order valence-corrected chi connectivity index (χ1v) is 8.75. The highest BCUT2D eigenvalue weighted by molar-refractivity contribution is 6.35. The van der Waals surface area contributed by atoms with E-state index in [1.54, 1.807) is 19.4 Å². The van der Waals surface area contributed by atoms with Gasteiger partial charge in [-0.05, 0) is 30.5 Å². The Morgan fingerprint density at radius 2 is 2.27 bits per heavy atom. The van der Waals surface area contributed by atoms with Crippen LogP contribution in [0.25, 0.3) is 22.1 Å². The summed E-state index contributed by atoms with van der Waals surface area (Å²) in [5.41, 5.74) is 2.64. The Morgan fingerprint density at radius 1 is 1.38 bits per heavy atom. The molecule has 1 fully saturated rings. The zero-order chi connectivity index (χ0) is 17.8. The van der Waals surface area contributed by atoms with Crippen LogP contribution >= 0.6 is 11.6 Å². The second kappa shape index (κ2) is 5.60. The Hall–Kier alpha value is -2.81. The fraction of sp³-hybridized carbons (Fsp3) is 0.375. The van der Waals surface area contributed by atoms with Gasteiger partial charge in [0.2, 0.25) is 0 Å². The van der Waals surface area contributed by atoms with E-state index in [1.807, 2.05) is 0 Å². The number of H-pyrrole nitrogens is 1. The second-order valence-corrected chi connectivity index (χ2v) is 7.02. The number of nitrogens with one attached hydrogen (secondary N) is 1. The molecular formula is C16H15ClN8O. The average Bonchev–Trinajstić information content (AvgIpc) is 3.39. The number of tetrazole rings is 1. The molecule has 0 bridgehead atoms. The van der Waals surface area contributed by atoms with Gasteiger partial charge in [0.15, 0.2) is 17.8 Å². The van der Waals surface area contributed by atoms with Crippen LogP contribution in [0.5, 0.6) is 0 Å². The number of aromatic amines is 1.